The van der Waals surface area contributed by atoms with Gasteiger partial charge in [0, 0.05) is 6.04 Å². The van der Waals surface area contributed by atoms with Gasteiger partial charge in [-0.15, -0.1) is 6.42 Å². The molecular formula is C14H17F2N. The first kappa shape index (κ1) is 13.7. The maximum Gasteiger partial charge on any atom is 0.159 e. The molecule has 0 heterocycles. The van der Waals surface area contributed by atoms with Crippen molar-refractivity contribution in [3.63, 3.8) is 0 Å². The Balaban J connectivity index is 2.79. The maximum atomic E-state index is 13.1. The topological polar surface area (TPSA) is 12.0 Å². The van der Waals surface area contributed by atoms with Gasteiger partial charge in [0.2, 0.25) is 0 Å². The number of halogens is 2. The lowest BCUT2D eigenvalue weighted by atomic mass is 10.0. The summed E-state index contributed by atoms with van der Waals surface area (Å²) in [6, 6.07) is 3.68. The van der Waals surface area contributed by atoms with Gasteiger partial charge in [-0.05, 0) is 30.5 Å². The van der Waals surface area contributed by atoms with Gasteiger partial charge in [-0.3, -0.25) is 5.32 Å². The lowest BCUT2D eigenvalue weighted by Crippen LogP contribution is -2.34. The Labute approximate surface area is 101 Å². The van der Waals surface area contributed by atoms with Crippen LogP contribution in [0.25, 0.3) is 0 Å². The molecule has 0 saturated carbocycles. The van der Waals surface area contributed by atoms with Crippen LogP contribution in [0.15, 0.2) is 18.2 Å². The first-order chi connectivity index (χ1) is 7.95. The summed E-state index contributed by atoms with van der Waals surface area (Å²) in [5.74, 6) is 1.26. The second kappa shape index (κ2) is 5.79. The van der Waals surface area contributed by atoms with Crippen LogP contribution in [-0.4, -0.2) is 6.04 Å². The quantitative estimate of drug-likeness (QED) is 0.792. The highest BCUT2D eigenvalue weighted by Gasteiger charge is 2.15. The summed E-state index contributed by atoms with van der Waals surface area (Å²) in [6.07, 6.45) is 5.41. The highest BCUT2D eigenvalue weighted by molar-refractivity contribution is 5.21. The molecule has 0 aromatic heterocycles. The molecule has 1 aromatic carbocycles. The predicted octanol–water partition coefficient (Wildman–Crippen LogP) is 3.27. The Bertz CT molecular complexity index is 421. The van der Waals surface area contributed by atoms with Gasteiger partial charge in [-0.2, -0.15) is 0 Å². The van der Waals surface area contributed by atoms with Gasteiger partial charge in [0.1, 0.15) is 0 Å². The van der Waals surface area contributed by atoms with Crippen LogP contribution in [0.2, 0.25) is 0 Å². The number of nitrogens with one attached hydrogen (secondary N) is 1. The van der Waals surface area contributed by atoms with Crippen molar-refractivity contribution >= 4 is 0 Å². The van der Waals surface area contributed by atoms with Gasteiger partial charge in [-0.25, -0.2) is 8.78 Å². The summed E-state index contributed by atoms with van der Waals surface area (Å²) in [6.45, 7) is 5.89. The minimum atomic E-state index is -0.835. The van der Waals surface area contributed by atoms with Gasteiger partial charge in [0.05, 0.1) is 6.04 Å². The number of rotatable bonds is 4. The third-order valence-corrected chi connectivity index (χ3v) is 2.72. The molecule has 2 atom stereocenters. The third-order valence-electron chi connectivity index (χ3n) is 2.72. The third kappa shape index (κ3) is 3.54. The molecular weight excluding hydrogens is 220 g/mol. The fraction of sp³-hybridized carbons (Fsp3) is 0.429. The monoisotopic (exact) mass is 237 g/mol. The van der Waals surface area contributed by atoms with E-state index in [2.05, 4.69) is 11.2 Å². The van der Waals surface area contributed by atoms with Crippen LogP contribution in [0.4, 0.5) is 8.78 Å². The molecule has 1 aromatic rings. The largest absolute Gasteiger partial charge is 0.297 e. The second-order valence-electron chi connectivity index (χ2n) is 4.45. The van der Waals surface area contributed by atoms with E-state index in [9.17, 15) is 8.78 Å². The van der Waals surface area contributed by atoms with Crippen LogP contribution in [0, 0.1) is 29.9 Å². The predicted molar refractivity (Wildman–Crippen MR) is 65.4 cm³/mol. The molecule has 1 nitrogen and oxygen atoms in total. The SMILES string of the molecule is C#CC(NC(C)c1ccc(F)c(F)c1)C(C)C. The summed E-state index contributed by atoms with van der Waals surface area (Å²) in [7, 11) is 0. The molecule has 1 N–H and O–H groups in total. The van der Waals surface area contributed by atoms with Gasteiger partial charge < -0.3 is 0 Å². The van der Waals surface area contributed by atoms with Crippen molar-refractivity contribution in [2.75, 3.05) is 0 Å². The summed E-state index contributed by atoms with van der Waals surface area (Å²) < 4.78 is 25.9. The minimum Gasteiger partial charge on any atom is -0.297 e. The van der Waals surface area contributed by atoms with Crippen molar-refractivity contribution in [3.05, 3.63) is 35.4 Å². The Morgan fingerprint density at radius 2 is 1.82 bits per heavy atom. The second-order valence-corrected chi connectivity index (χ2v) is 4.45. The van der Waals surface area contributed by atoms with E-state index in [1.165, 1.54) is 6.07 Å². The van der Waals surface area contributed by atoms with Crippen LogP contribution in [0.1, 0.15) is 32.4 Å². The van der Waals surface area contributed by atoms with Crippen molar-refractivity contribution in [1.29, 1.82) is 0 Å². The molecule has 1 rings (SSSR count). The fourth-order valence-electron chi connectivity index (χ4n) is 1.58. The van der Waals surface area contributed by atoms with Gasteiger partial charge >= 0.3 is 0 Å². The number of hydrogen-bond donors (Lipinski definition) is 1. The summed E-state index contributed by atoms with van der Waals surface area (Å²) in [4.78, 5) is 0. The molecule has 0 saturated heterocycles. The van der Waals surface area contributed by atoms with Crippen LogP contribution in [0.3, 0.4) is 0 Å². The molecule has 3 heteroatoms. The Morgan fingerprint density at radius 1 is 1.18 bits per heavy atom. The molecule has 0 amide bonds. The van der Waals surface area contributed by atoms with E-state index in [1.54, 1.807) is 6.07 Å². The van der Waals surface area contributed by atoms with Crippen LogP contribution < -0.4 is 5.32 Å². The van der Waals surface area contributed by atoms with Crippen LogP contribution in [-0.2, 0) is 0 Å². The van der Waals surface area contributed by atoms with Crippen molar-refractivity contribution in [2.24, 2.45) is 5.92 Å². The molecule has 0 bridgehead atoms. The summed E-state index contributed by atoms with van der Waals surface area (Å²) in [5, 5.41) is 3.20. The fourth-order valence-corrected chi connectivity index (χ4v) is 1.58. The molecule has 0 aliphatic rings. The lowest BCUT2D eigenvalue weighted by Gasteiger charge is -2.22. The maximum absolute atomic E-state index is 13.1. The van der Waals surface area contributed by atoms with Crippen molar-refractivity contribution < 1.29 is 8.78 Å². The first-order valence-electron chi connectivity index (χ1n) is 5.62. The van der Waals surface area contributed by atoms with Crippen molar-refractivity contribution in [1.82, 2.24) is 5.32 Å². The zero-order valence-electron chi connectivity index (χ0n) is 10.3. The standard InChI is InChI=1S/C14H17F2N/c1-5-14(9(2)3)17-10(4)11-6-7-12(15)13(16)8-11/h1,6-10,14,17H,2-4H3. The van der Waals surface area contributed by atoms with E-state index in [1.807, 2.05) is 20.8 Å². The highest BCUT2D eigenvalue weighted by Crippen LogP contribution is 2.17. The normalized spacial score (nSPS) is 14.4. The molecule has 0 spiro atoms. The molecule has 92 valence electrons. The average molecular weight is 237 g/mol. The molecule has 0 aliphatic heterocycles. The minimum absolute atomic E-state index is 0.0851. The zero-order chi connectivity index (χ0) is 13.0. The Kier molecular flexibility index (Phi) is 4.65. The molecule has 0 fully saturated rings. The molecule has 0 radical (unpaired) electrons. The summed E-state index contributed by atoms with van der Waals surface area (Å²) in [5.41, 5.74) is 0.685. The number of terminal acetylenes is 1. The van der Waals surface area contributed by atoms with Gasteiger partial charge in [-0.1, -0.05) is 25.8 Å². The summed E-state index contributed by atoms with van der Waals surface area (Å²) >= 11 is 0. The van der Waals surface area contributed by atoms with Crippen molar-refractivity contribution in [2.45, 2.75) is 32.9 Å². The van der Waals surface area contributed by atoms with Gasteiger partial charge in [0.25, 0.3) is 0 Å². The molecule has 0 aliphatic carbocycles. The smallest absolute Gasteiger partial charge is 0.159 e. The van der Waals surface area contributed by atoms with Crippen molar-refractivity contribution in [3.8, 4) is 12.3 Å². The first-order valence-corrected chi connectivity index (χ1v) is 5.62. The molecule has 17 heavy (non-hydrogen) atoms. The average Bonchev–Trinajstić information content (AvgIpc) is 2.28. The van der Waals surface area contributed by atoms with E-state index in [-0.39, 0.29) is 18.0 Å². The zero-order valence-corrected chi connectivity index (χ0v) is 10.3. The Morgan fingerprint density at radius 3 is 2.29 bits per heavy atom. The number of benzene rings is 1. The van der Waals surface area contributed by atoms with E-state index >= 15 is 0 Å². The van der Waals surface area contributed by atoms with E-state index in [4.69, 9.17) is 6.42 Å². The van der Waals surface area contributed by atoms with E-state index < -0.39 is 11.6 Å². The van der Waals surface area contributed by atoms with Crippen LogP contribution in [0.5, 0.6) is 0 Å². The van der Waals surface area contributed by atoms with E-state index in [0.29, 0.717) is 5.56 Å². The highest BCUT2D eigenvalue weighted by atomic mass is 19.2. The van der Waals surface area contributed by atoms with Crippen LogP contribution >= 0.6 is 0 Å². The van der Waals surface area contributed by atoms with Gasteiger partial charge in [0.15, 0.2) is 11.6 Å². The van der Waals surface area contributed by atoms with E-state index in [0.717, 1.165) is 6.07 Å². The Hall–Kier alpha value is -1.40. The number of hydrogen-bond acceptors (Lipinski definition) is 1. The lowest BCUT2D eigenvalue weighted by molar-refractivity contribution is 0.429. The molecule has 2 unspecified atom stereocenters.